The Balaban J connectivity index is 2.10. The van der Waals surface area contributed by atoms with Gasteiger partial charge < -0.3 is 10.2 Å². The molecule has 0 spiro atoms. The highest BCUT2D eigenvalue weighted by Crippen LogP contribution is 2.43. The van der Waals surface area contributed by atoms with Gasteiger partial charge in [0.1, 0.15) is 11.5 Å². The molecule has 3 aromatic rings. The molecule has 116 valence electrons. The van der Waals surface area contributed by atoms with Crippen molar-refractivity contribution in [3.05, 3.63) is 71.8 Å². The number of phenols is 2. The van der Waals surface area contributed by atoms with Crippen molar-refractivity contribution < 1.29 is 10.2 Å². The Kier molecular flexibility index (Phi) is 4.30. The number of rotatable bonds is 3. The van der Waals surface area contributed by atoms with E-state index in [1.807, 2.05) is 68.4 Å². The largest absolute Gasteiger partial charge is 0.507 e. The predicted octanol–water partition coefficient (Wildman–Crippen LogP) is 5.53. The van der Waals surface area contributed by atoms with E-state index in [4.69, 9.17) is 0 Å². The first-order valence-electron chi connectivity index (χ1n) is 7.41. The lowest BCUT2D eigenvalue weighted by molar-refractivity contribution is 0.460. The SMILES string of the molecule is Cc1ccc(O)c(-c2cc(C)cc(Sc3ccccc3)c2O)c1. The number of hydrogen-bond donors (Lipinski definition) is 2. The van der Waals surface area contributed by atoms with E-state index in [0.29, 0.717) is 11.1 Å². The minimum atomic E-state index is 0.173. The molecule has 23 heavy (non-hydrogen) atoms. The van der Waals surface area contributed by atoms with Crippen molar-refractivity contribution in [2.75, 3.05) is 0 Å². The molecule has 0 saturated heterocycles. The Morgan fingerprint density at radius 2 is 1.43 bits per heavy atom. The molecule has 0 fully saturated rings. The van der Waals surface area contributed by atoms with Gasteiger partial charge in [-0.25, -0.2) is 0 Å². The highest BCUT2D eigenvalue weighted by atomic mass is 32.2. The van der Waals surface area contributed by atoms with Crippen molar-refractivity contribution in [3.63, 3.8) is 0 Å². The Bertz CT molecular complexity index is 842. The summed E-state index contributed by atoms with van der Waals surface area (Å²) in [7, 11) is 0. The van der Waals surface area contributed by atoms with Crippen LogP contribution in [0.1, 0.15) is 11.1 Å². The standard InChI is InChI=1S/C20H18O2S/c1-13-8-9-18(21)16(10-13)17-11-14(2)12-19(20(17)22)23-15-6-4-3-5-7-15/h3-12,21-22H,1-2H3. The van der Waals surface area contributed by atoms with E-state index in [1.54, 1.807) is 6.07 Å². The van der Waals surface area contributed by atoms with E-state index in [0.717, 1.165) is 20.9 Å². The van der Waals surface area contributed by atoms with Crippen molar-refractivity contribution >= 4 is 11.8 Å². The van der Waals surface area contributed by atoms with E-state index in [1.165, 1.54) is 11.8 Å². The van der Waals surface area contributed by atoms with Gasteiger partial charge in [0, 0.05) is 16.0 Å². The summed E-state index contributed by atoms with van der Waals surface area (Å²) in [5.41, 5.74) is 3.39. The summed E-state index contributed by atoms with van der Waals surface area (Å²) in [6.45, 7) is 3.96. The second-order valence-corrected chi connectivity index (χ2v) is 6.71. The van der Waals surface area contributed by atoms with E-state index in [9.17, 15) is 10.2 Å². The van der Waals surface area contributed by atoms with Gasteiger partial charge in [-0.3, -0.25) is 0 Å². The van der Waals surface area contributed by atoms with Crippen LogP contribution in [-0.4, -0.2) is 10.2 Å². The van der Waals surface area contributed by atoms with E-state index < -0.39 is 0 Å². The summed E-state index contributed by atoms with van der Waals surface area (Å²) in [5.74, 6) is 0.373. The van der Waals surface area contributed by atoms with Crippen molar-refractivity contribution in [1.82, 2.24) is 0 Å². The molecule has 0 saturated carbocycles. The van der Waals surface area contributed by atoms with Gasteiger partial charge in [-0.15, -0.1) is 0 Å². The minimum absolute atomic E-state index is 0.173. The molecule has 0 bridgehead atoms. The van der Waals surface area contributed by atoms with Crippen molar-refractivity contribution in [3.8, 4) is 22.6 Å². The van der Waals surface area contributed by atoms with E-state index >= 15 is 0 Å². The Hall–Kier alpha value is -2.39. The van der Waals surface area contributed by atoms with Crippen LogP contribution in [0.3, 0.4) is 0 Å². The number of hydrogen-bond acceptors (Lipinski definition) is 3. The first kappa shape index (κ1) is 15.5. The van der Waals surface area contributed by atoms with Crippen LogP contribution in [0.15, 0.2) is 70.5 Å². The summed E-state index contributed by atoms with van der Waals surface area (Å²) in [6, 6.07) is 19.2. The molecule has 2 nitrogen and oxygen atoms in total. The van der Waals surface area contributed by atoms with Gasteiger partial charge in [0.25, 0.3) is 0 Å². The summed E-state index contributed by atoms with van der Waals surface area (Å²) in [4.78, 5) is 1.85. The fourth-order valence-electron chi connectivity index (χ4n) is 2.51. The predicted molar refractivity (Wildman–Crippen MR) is 95.2 cm³/mol. The lowest BCUT2D eigenvalue weighted by Crippen LogP contribution is -1.87. The third-order valence-corrected chi connectivity index (χ3v) is 4.67. The van der Waals surface area contributed by atoms with Gasteiger partial charge >= 0.3 is 0 Å². The fraction of sp³-hybridized carbons (Fsp3) is 0.100. The monoisotopic (exact) mass is 322 g/mol. The molecule has 0 atom stereocenters. The van der Waals surface area contributed by atoms with Crippen molar-refractivity contribution in [1.29, 1.82) is 0 Å². The maximum Gasteiger partial charge on any atom is 0.137 e. The Labute approximate surface area is 140 Å². The summed E-state index contributed by atoms with van der Waals surface area (Å²) >= 11 is 1.52. The quantitative estimate of drug-likeness (QED) is 0.666. The number of benzene rings is 3. The number of phenolic OH excluding ortho intramolecular Hbond substituents is 2. The van der Waals surface area contributed by atoms with Crippen LogP contribution in [0.2, 0.25) is 0 Å². The van der Waals surface area contributed by atoms with Crippen LogP contribution in [-0.2, 0) is 0 Å². The summed E-state index contributed by atoms with van der Waals surface area (Å²) < 4.78 is 0. The van der Waals surface area contributed by atoms with Crippen LogP contribution in [0, 0.1) is 13.8 Å². The maximum absolute atomic E-state index is 10.7. The fourth-order valence-corrected chi connectivity index (χ4v) is 3.51. The molecule has 0 aliphatic heterocycles. The zero-order valence-electron chi connectivity index (χ0n) is 13.1. The van der Waals surface area contributed by atoms with Crippen LogP contribution in [0.25, 0.3) is 11.1 Å². The Morgan fingerprint density at radius 3 is 2.17 bits per heavy atom. The van der Waals surface area contributed by atoms with E-state index in [2.05, 4.69) is 0 Å². The second kappa shape index (κ2) is 6.39. The molecule has 0 radical (unpaired) electrons. The average Bonchev–Trinajstić information content (AvgIpc) is 2.54. The zero-order chi connectivity index (χ0) is 16.4. The molecule has 0 amide bonds. The van der Waals surface area contributed by atoms with Crippen LogP contribution in [0.4, 0.5) is 0 Å². The number of aryl methyl sites for hydroxylation is 2. The summed E-state index contributed by atoms with van der Waals surface area (Å²) in [6.07, 6.45) is 0. The first-order chi connectivity index (χ1) is 11.0. The molecule has 0 aromatic heterocycles. The van der Waals surface area contributed by atoms with Gasteiger partial charge in [0.05, 0.1) is 4.90 Å². The highest BCUT2D eigenvalue weighted by molar-refractivity contribution is 7.99. The Morgan fingerprint density at radius 1 is 0.739 bits per heavy atom. The van der Waals surface area contributed by atoms with Gasteiger partial charge in [-0.05, 0) is 55.8 Å². The molecule has 0 aliphatic carbocycles. The molecule has 0 aliphatic rings. The lowest BCUT2D eigenvalue weighted by Gasteiger charge is -2.13. The van der Waals surface area contributed by atoms with Gasteiger partial charge in [0.2, 0.25) is 0 Å². The zero-order valence-corrected chi connectivity index (χ0v) is 13.9. The maximum atomic E-state index is 10.7. The third kappa shape index (κ3) is 3.35. The van der Waals surface area contributed by atoms with Gasteiger partial charge in [0.15, 0.2) is 0 Å². The number of aromatic hydroxyl groups is 2. The van der Waals surface area contributed by atoms with Crippen LogP contribution >= 0.6 is 11.8 Å². The average molecular weight is 322 g/mol. The van der Waals surface area contributed by atoms with Gasteiger partial charge in [-0.1, -0.05) is 41.6 Å². The topological polar surface area (TPSA) is 40.5 Å². The highest BCUT2D eigenvalue weighted by Gasteiger charge is 2.15. The van der Waals surface area contributed by atoms with Crippen LogP contribution in [0.5, 0.6) is 11.5 Å². The molecule has 3 aromatic carbocycles. The van der Waals surface area contributed by atoms with Crippen molar-refractivity contribution in [2.45, 2.75) is 23.6 Å². The smallest absolute Gasteiger partial charge is 0.137 e. The molecule has 2 N–H and O–H groups in total. The van der Waals surface area contributed by atoms with Crippen LogP contribution < -0.4 is 0 Å². The molecular weight excluding hydrogens is 304 g/mol. The molecular formula is C20H18O2S. The normalized spacial score (nSPS) is 10.7. The molecule has 3 rings (SSSR count). The second-order valence-electron chi connectivity index (χ2n) is 5.59. The lowest BCUT2D eigenvalue weighted by atomic mass is 9.99. The first-order valence-corrected chi connectivity index (χ1v) is 8.23. The minimum Gasteiger partial charge on any atom is -0.507 e. The summed E-state index contributed by atoms with van der Waals surface area (Å²) in [5, 5.41) is 20.9. The van der Waals surface area contributed by atoms with Crippen molar-refractivity contribution in [2.24, 2.45) is 0 Å². The molecule has 3 heteroatoms. The molecule has 0 heterocycles. The van der Waals surface area contributed by atoms with Gasteiger partial charge in [-0.2, -0.15) is 0 Å². The molecule has 0 unspecified atom stereocenters. The third-order valence-electron chi connectivity index (χ3n) is 3.63. The van der Waals surface area contributed by atoms with E-state index in [-0.39, 0.29) is 11.5 Å².